The highest BCUT2D eigenvalue weighted by molar-refractivity contribution is 5.82. The van der Waals surface area contributed by atoms with Gasteiger partial charge in [0.2, 0.25) is 6.17 Å². The molecular weight excluding hydrogens is 321 g/mol. The fourth-order valence-corrected chi connectivity index (χ4v) is 3.23. The molecule has 0 N–H and O–H groups in total. The molecule has 0 spiro atoms. The van der Waals surface area contributed by atoms with Crippen LogP contribution in [0.25, 0.3) is 0 Å². The third kappa shape index (κ3) is 4.07. The number of hydrogen-bond acceptors (Lipinski definition) is 4. The van der Waals surface area contributed by atoms with Gasteiger partial charge in [0.15, 0.2) is 0 Å². The predicted molar refractivity (Wildman–Crippen MR) is 92.7 cm³/mol. The molecule has 6 heteroatoms. The van der Waals surface area contributed by atoms with Crippen LogP contribution in [0.3, 0.4) is 0 Å². The zero-order valence-corrected chi connectivity index (χ0v) is 14.7. The topological polar surface area (TPSA) is 49.6 Å². The van der Waals surface area contributed by atoms with Gasteiger partial charge in [-0.3, -0.25) is 9.69 Å². The summed E-state index contributed by atoms with van der Waals surface area (Å²) >= 11 is 0. The Bertz CT molecular complexity index is 697. The van der Waals surface area contributed by atoms with E-state index >= 15 is 0 Å². The number of aryl methyl sites for hydroxylation is 2. The summed E-state index contributed by atoms with van der Waals surface area (Å²) in [6.45, 7) is 7.32. The lowest BCUT2D eigenvalue weighted by molar-refractivity contribution is -0.136. The average Bonchev–Trinajstić information content (AvgIpc) is 2.83. The number of alkyl halides is 1. The van der Waals surface area contributed by atoms with Crippen molar-refractivity contribution in [3.63, 3.8) is 0 Å². The van der Waals surface area contributed by atoms with Gasteiger partial charge in [0.05, 0.1) is 5.69 Å². The van der Waals surface area contributed by atoms with Crippen molar-refractivity contribution in [1.82, 2.24) is 15.0 Å². The van der Waals surface area contributed by atoms with E-state index in [1.54, 1.807) is 29.2 Å². The third-order valence-electron chi connectivity index (χ3n) is 4.77. The lowest BCUT2D eigenvalue weighted by Gasteiger charge is -2.23. The molecule has 1 aliphatic rings. The minimum atomic E-state index is -1.59. The van der Waals surface area contributed by atoms with E-state index in [0.717, 1.165) is 43.1 Å². The van der Waals surface area contributed by atoms with Crippen LogP contribution >= 0.6 is 0 Å². The zero-order valence-electron chi connectivity index (χ0n) is 14.7. The Hall–Kier alpha value is -2.21. The normalized spacial score (nSPS) is 17.3. The minimum Gasteiger partial charge on any atom is -0.361 e. The molecule has 5 nitrogen and oxygen atoms in total. The van der Waals surface area contributed by atoms with E-state index < -0.39 is 12.1 Å². The van der Waals surface area contributed by atoms with Crippen LogP contribution in [0, 0.1) is 13.8 Å². The Morgan fingerprint density at radius 1 is 1.20 bits per heavy atom. The first-order chi connectivity index (χ1) is 12.1. The molecular formula is C19H24FN3O2. The van der Waals surface area contributed by atoms with E-state index in [9.17, 15) is 9.18 Å². The van der Waals surface area contributed by atoms with Gasteiger partial charge < -0.3 is 9.42 Å². The molecule has 2 aromatic rings. The van der Waals surface area contributed by atoms with Gasteiger partial charge in [-0.25, -0.2) is 4.39 Å². The molecule has 1 saturated heterocycles. The first kappa shape index (κ1) is 17.6. The lowest BCUT2D eigenvalue weighted by atomic mass is 10.1. The predicted octanol–water partition coefficient (Wildman–Crippen LogP) is 3.04. The van der Waals surface area contributed by atoms with Crippen LogP contribution in [0.15, 0.2) is 34.9 Å². The summed E-state index contributed by atoms with van der Waals surface area (Å²) in [6, 6.07) is 8.64. The SMILES string of the molecule is Cc1noc(C)c1CN1CCCN(C(=O)C(F)c2ccccc2)CC1. The van der Waals surface area contributed by atoms with Crippen molar-refractivity contribution in [2.75, 3.05) is 26.2 Å². The van der Waals surface area contributed by atoms with Crippen molar-refractivity contribution >= 4 is 5.91 Å². The van der Waals surface area contributed by atoms with E-state index in [1.807, 2.05) is 19.9 Å². The van der Waals surface area contributed by atoms with Gasteiger partial charge in [-0.05, 0) is 25.8 Å². The van der Waals surface area contributed by atoms with E-state index in [2.05, 4.69) is 10.1 Å². The number of halogens is 1. The number of rotatable bonds is 4. The number of carbonyl (C=O) groups is 1. The highest BCUT2D eigenvalue weighted by atomic mass is 19.1. The van der Waals surface area contributed by atoms with Crippen LogP contribution in [0.4, 0.5) is 4.39 Å². The first-order valence-electron chi connectivity index (χ1n) is 8.68. The van der Waals surface area contributed by atoms with Gasteiger partial charge in [-0.1, -0.05) is 35.5 Å². The van der Waals surface area contributed by atoms with Crippen LogP contribution in [-0.4, -0.2) is 47.0 Å². The Labute approximate surface area is 147 Å². The van der Waals surface area contributed by atoms with E-state index in [4.69, 9.17) is 4.52 Å². The maximum atomic E-state index is 14.5. The molecule has 0 aliphatic carbocycles. The minimum absolute atomic E-state index is 0.421. The first-order valence-corrected chi connectivity index (χ1v) is 8.68. The zero-order chi connectivity index (χ0) is 17.8. The quantitative estimate of drug-likeness (QED) is 0.855. The molecule has 3 rings (SSSR count). The molecule has 1 unspecified atom stereocenters. The number of nitrogens with zero attached hydrogens (tertiary/aromatic N) is 3. The largest absolute Gasteiger partial charge is 0.361 e. The fraction of sp³-hybridized carbons (Fsp3) is 0.474. The standard InChI is InChI=1S/C19H24FN3O2/c1-14-17(15(2)25-21-14)13-22-9-6-10-23(12-11-22)19(24)18(20)16-7-4-3-5-8-16/h3-5,7-8,18H,6,9-13H2,1-2H3. The highest BCUT2D eigenvalue weighted by Gasteiger charge is 2.27. The molecule has 2 heterocycles. The van der Waals surface area contributed by atoms with Crippen LogP contribution in [-0.2, 0) is 11.3 Å². The van der Waals surface area contributed by atoms with E-state index in [1.165, 1.54) is 0 Å². The summed E-state index contributed by atoms with van der Waals surface area (Å²) in [5.41, 5.74) is 2.43. The molecule has 0 bridgehead atoms. The summed E-state index contributed by atoms with van der Waals surface area (Å²) in [4.78, 5) is 16.4. The summed E-state index contributed by atoms with van der Waals surface area (Å²) in [5.74, 6) is 0.396. The van der Waals surface area contributed by atoms with E-state index in [0.29, 0.717) is 18.7 Å². The van der Waals surface area contributed by atoms with Gasteiger partial charge >= 0.3 is 0 Å². The van der Waals surface area contributed by atoms with Crippen molar-refractivity contribution in [2.45, 2.75) is 33.0 Å². The highest BCUT2D eigenvalue weighted by Crippen LogP contribution is 2.21. The Balaban J connectivity index is 1.60. The molecule has 134 valence electrons. The molecule has 1 fully saturated rings. The van der Waals surface area contributed by atoms with Crippen LogP contribution in [0.1, 0.15) is 35.2 Å². The van der Waals surface area contributed by atoms with Crippen molar-refractivity contribution in [3.8, 4) is 0 Å². The Morgan fingerprint density at radius 2 is 1.96 bits per heavy atom. The van der Waals surface area contributed by atoms with Crippen molar-refractivity contribution in [1.29, 1.82) is 0 Å². The van der Waals surface area contributed by atoms with Crippen molar-refractivity contribution in [2.24, 2.45) is 0 Å². The lowest BCUT2D eigenvalue weighted by Crippen LogP contribution is -2.37. The number of benzene rings is 1. The number of aromatic nitrogens is 1. The number of hydrogen-bond donors (Lipinski definition) is 0. The molecule has 1 amide bonds. The smallest absolute Gasteiger partial charge is 0.261 e. The summed E-state index contributed by atoms with van der Waals surface area (Å²) in [6.07, 6.45) is -0.758. The second-order valence-electron chi connectivity index (χ2n) is 6.53. The average molecular weight is 345 g/mol. The summed E-state index contributed by atoms with van der Waals surface area (Å²) < 4.78 is 19.7. The van der Waals surface area contributed by atoms with Crippen LogP contribution in [0.2, 0.25) is 0 Å². The third-order valence-corrected chi connectivity index (χ3v) is 4.77. The van der Waals surface area contributed by atoms with Crippen LogP contribution in [0.5, 0.6) is 0 Å². The summed E-state index contributed by atoms with van der Waals surface area (Å²) in [7, 11) is 0. The second-order valence-corrected chi connectivity index (χ2v) is 6.53. The Kier molecular flexibility index (Phi) is 5.48. The molecule has 0 radical (unpaired) electrons. The van der Waals surface area contributed by atoms with Gasteiger partial charge in [-0.15, -0.1) is 0 Å². The molecule has 1 atom stereocenters. The maximum Gasteiger partial charge on any atom is 0.261 e. The monoisotopic (exact) mass is 345 g/mol. The van der Waals surface area contributed by atoms with Crippen LogP contribution < -0.4 is 0 Å². The molecule has 1 aliphatic heterocycles. The van der Waals surface area contributed by atoms with Gasteiger partial charge in [-0.2, -0.15) is 0 Å². The molecule has 1 aromatic carbocycles. The van der Waals surface area contributed by atoms with Crippen molar-refractivity contribution in [3.05, 3.63) is 52.9 Å². The van der Waals surface area contributed by atoms with E-state index in [-0.39, 0.29) is 0 Å². The van der Waals surface area contributed by atoms with Crippen molar-refractivity contribution < 1.29 is 13.7 Å². The maximum absolute atomic E-state index is 14.5. The number of carbonyl (C=O) groups excluding carboxylic acids is 1. The number of amides is 1. The fourth-order valence-electron chi connectivity index (χ4n) is 3.23. The van der Waals surface area contributed by atoms with Gasteiger partial charge in [0, 0.05) is 38.3 Å². The van der Waals surface area contributed by atoms with Gasteiger partial charge in [0.1, 0.15) is 5.76 Å². The molecule has 1 aromatic heterocycles. The Morgan fingerprint density at radius 3 is 2.64 bits per heavy atom. The second kappa shape index (κ2) is 7.78. The van der Waals surface area contributed by atoms with Gasteiger partial charge in [0.25, 0.3) is 5.91 Å². The molecule has 25 heavy (non-hydrogen) atoms. The molecule has 0 saturated carbocycles. The summed E-state index contributed by atoms with van der Waals surface area (Å²) in [5, 5.41) is 3.99.